The summed E-state index contributed by atoms with van der Waals surface area (Å²) < 4.78 is 5.75. The predicted molar refractivity (Wildman–Crippen MR) is 123 cm³/mol. The Kier molecular flexibility index (Phi) is 5.41. The van der Waals surface area contributed by atoms with Gasteiger partial charge in [-0.3, -0.25) is 29.9 Å². The van der Waals surface area contributed by atoms with E-state index in [0.717, 1.165) is 11.1 Å². The van der Waals surface area contributed by atoms with Gasteiger partial charge in [0.05, 0.1) is 10.6 Å². The number of nitrogens with one attached hydrogen (secondary N) is 1. The number of nitrogens with zero attached hydrogens (tertiary/aromatic N) is 2. The summed E-state index contributed by atoms with van der Waals surface area (Å²) >= 11 is 5.24. The van der Waals surface area contributed by atoms with Crippen LogP contribution in [0.4, 0.5) is 11.4 Å². The standard InChI is InChI=1S/C23H17N3O5S/c1-13-3-9-19(14(2)11-13)25-22(28)18(21(27)24-23(25)32)12-17-8-10-20(31-17)15-4-6-16(7-5-15)26(29)30/h3-12H,1-2H3,(H,24,27,32)/b18-12-. The Morgan fingerprint density at radius 1 is 1.06 bits per heavy atom. The Bertz CT molecular complexity index is 1310. The van der Waals surface area contributed by atoms with Gasteiger partial charge in [0.2, 0.25) is 0 Å². The molecule has 0 bridgehead atoms. The Balaban J connectivity index is 1.66. The van der Waals surface area contributed by atoms with Crippen molar-refractivity contribution in [3.63, 3.8) is 0 Å². The van der Waals surface area contributed by atoms with Gasteiger partial charge in [-0.15, -0.1) is 0 Å². The van der Waals surface area contributed by atoms with E-state index in [1.54, 1.807) is 30.3 Å². The van der Waals surface area contributed by atoms with E-state index < -0.39 is 16.7 Å². The first-order valence-electron chi connectivity index (χ1n) is 9.58. The molecule has 1 saturated heterocycles. The van der Waals surface area contributed by atoms with Crippen LogP contribution >= 0.6 is 12.2 Å². The zero-order valence-corrected chi connectivity index (χ0v) is 17.9. The van der Waals surface area contributed by atoms with Crippen LogP contribution in [0, 0.1) is 24.0 Å². The van der Waals surface area contributed by atoms with Gasteiger partial charge in [0.25, 0.3) is 17.5 Å². The Hall–Kier alpha value is -4.11. The molecule has 1 aliphatic rings. The second-order valence-electron chi connectivity index (χ2n) is 7.25. The van der Waals surface area contributed by atoms with E-state index in [4.69, 9.17) is 16.6 Å². The molecule has 1 fully saturated rings. The molecule has 2 aromatic carbocycles. The van der Waals surface area contributed by atoms with Crippen LogP contribution in [-0.4, -0.2) is 21.9 Å². The maximum Gasteiger partial charge on any atom is 0.270 e. The van der Waals surface area contributed by atoms with Crippen molar-refractivity contribution in [2.75, 3.05) is 4.90 Å². The van der Waals surface area contributed by atoms with Crippen LogP contribution in [0.25, 0.3) is 17.4 Å². The largest absolute Gasteiger partial charge is 0.457 e. The molecule has 8 nitrogen and oxygen atoms in total. The van der Waals surface area contributed by atoms with E-state index in [1.807, 2.05) is 26.0 Å². The number of carbonyl (C=O) groups is 2. The number of amides is 2. The second kappa shape index (κ2) is 8.20. The molecule has 0 atom stereocenters. The van der Waals surface area contributed by atoms with Crippen LogP contribution in [-0.2, 0) is 9.59 Å². The molecule has 0 aliphatic carbocycles. The van der Waals surface area contributed by atoms with E-state index in [1.165, 1.54) is 23.1 Å². The highest BCUT2D eigenvalue weighted by Gasteiger charge is 2.35. The number of carbonyl (C=O) groups excluding carboxylic acids is 2. The number of non-ortho nitro benzene ring substituents is 1. The van der Waals surface area contributed by atoms with Gasteiger partial charge in [-0.2, -0.15) is 0 Å². The summed E-state index contributed by atoms with van der Waals surface area (Å²) in [6.07, 6.45) is 1.35. The lowest BCUT2D eigenvalue weighted by molar-refractivity contribution is -0.384. The van der Waals surface area contributed by atoms with Gasteiger partial charge in [0, 0.05) is 17.7 Å². The van der Waals surface area contributed by atoms with Gasteiger partial charge in [-0.1, -0.05) is 17.7 Å². The van der Waals surface area contributed by atoms with Gasteiger partial charge < -0.3 is 4.42 Å². The van der Waals surface area contributed by atoms with Crippen LogP contribution in [0.15, 0.2) is 64.6 Å². The van der Waals surface area contributed by atoms with Crippen molar-refractivity contribution in [2.45, 2.75) is 13.8 Å². The molecule has 0 spiro atoms. The third-order valence-corrected chi connectivity index (χ3v) is 5.26. The molecule has 160 valence electrons. The Morgan fingerprint density at radius 3 is 2.44 bits per heavy atom. The topological polar surface area (TPSA) is 106 Å². The van der Waals surface area contributed by atoms with Crippen molar-refractivity contribution in [3.8, 4) is 11.3 Å². The quantitative estimate of drug-likeness (QED) is 0.210. The van der Waals surface area contributed by atoms with Crippen molar-refractivity contribution < 1.29 is 18.9 Å². The van der Waals surface area contributed by atoms with Gasteiger partial charge in [0.15, 0.2) is 5.11 Å². The minimum Gasteiger partial charge on any atom is -0.457 e. The summed E-state index contributed by atoms with van der Waals surface area (Å²) in [5.74, 6) is -0.448. The minimum absolute atomic E-state index is 0.00937. The minimum atomic E-state index is -0.616. The molecule has 2 amide bonds. The SMILES string of the molecule is Cc1ccc(N2C(=O)/C(=C\c3ccc(-c4ccc([N+](=O)[O-])cc4)o3)C(=O)NC2=S)c(C)c1. The van der Waals surface area contributed by atoms with E-state index in [-0.39, 0.29) is 22.1 Å². The van der Waals surface area contributed by atoms with Crippen LogP contribution in [0.3, 0.4) is 0 Å². The van der Waals surface area contributed by atoms with Crippen molar-refractivity contribution >= 4 is 46.6 Å². The smallest absolute Gasteiger partial charge is 0.270 e. The zero-order valence-electron chi connectivity index (χ0n) is 17.1. The number of hydrogen-bond acceptors (Lipinski definition) is 6. The molecule has 0 unspecified atom stereocenters. The first-order valence-corrected chi connectivity index (χ1v) is 9.99. The summed E-state index contributed by atoms with van der Waals surface area (Å²) in [4.78, 5) is 37.3. The van der Waals surface area contributed by atoms with E-state index in [9.17, 15) is 19.7 Å². The number of thiocarbonyl (C=S) groups is 1. The third kappa shape index (κ3) is 3.93. The number of benzene rings is 2. The molecule has 0 saturated carbocycles. The average molecular weight is 447 g/mol. The molecule has 4 rings (SSSR count). The molecule has 3 aromatic rings. The highest BCUT2D eigenvalue weighted by molar-refractivity contribution is 7.80. The van der Waals surface area contributed by atoms with Crippen molar-refractivity contribution in [2.24, 2.45) is 0 Å². The summed E-state index contributed by atoms with van der Waals surface area (Å²) in [6, 6.07) is 14.7. The number of furan rings is 1. The number of rotatable bonds is 4. The molecular formula is C23H17N3O5S. The summed E-state index contributed by atoms with van der Waals surface area (Å²) in [7, 11) is 0. The Labute approximate surface area is 188 Å². The van der Waals surface area contributed by atoms with Crippen molar-refractivity contribution in [3.05, 3.63) is 87.2 Å². The van der Waals surface area contributed by atoms with Crippen molar-refractivity contribution in [1.29, 1.82) is 0 Å². The molecule has 1 N–H and O–H groups in total. The first kappa shape index (κ1) is 21.1. The zero-order chi connectivity index (χ0) is 23.0. The van der Waals surface area contributed by atoms with E-state index in [0.29, 0.717) is 17.0 Å². The maximum absolute atomic E-state index is 13.2. The summed E-state index contributed by atoms with van der Waals surface area (Å²) in [6.45, 7) is 3.81. The van der Waals surface area contributed by atoms with Crippen molar-refractivity contribution in [1.82, 2.24) is 5.32 Å². The van der Waals surface area contributed by atoms with E-state index in [2.05, 4.69) is 5.32 Å². The predicted octanol–water partition coefficient (Wildman–Crippen LogP) is 4.30. The number of hydrogen-bond donors (Lipinski definition) is 1. The number of nitro groups is 1. The van der Waals surface area contributed by atoms with Gasteiger partial charge in [-0.05, 0) is 68.0 Å². The van der Waals surface area contributed by atoms with Crippen LogP contribution in [0.2, 0.25) is 0 Å². The second-order valence-corrected chi connectivity index (χ2v) is 7.64. The molecular weight excluding hydrogens is 430 g/mol. The molecule has 1 aliphatic heterocycles. The van der Waals surface area contributed by atoms with Gasteiger partial charge >= 0.3 is 0 Å². The first-order chi connectivity index (χ1) is 15.2. The molecule has 9 heteroatoms. The van der Waals surface area contributed by atoms with Crippen LogP contribution in [0.1, 0.15) is 16.9 Å². The molecule has 32 heavy (non-hydrogen) atoms. The lowest BCUT2D eigenvalue weighted by Crippen LogP contribution is -2.54. The van der Waals surface area contributed by atoms with Crippen LogP contribution in [0.5, 0.6) is 0 Å². The monoisotopic (exact) mass is 447 g/mol. The number of aryl methyl sites for hydroxylation is 2. The summed E-state index contributed by atoms with van der Waals surface area (Å²) in [5.41, 5.74) is 2.93. The normalized spacial score (nSPS) is 15.2. The number of anilines is 1. The molecule has 1 aromatic heterocycles. The Morgan fingerprint density at radius 2 is 1.78 bits per heavy atom. The van der Waals surface area contributed by atoms with Gasteiger partial charge in [0.1, 0.15) is 17.1 Å². The third-order valence-electron chi connectivity index (χ3n) is 4.97. The maximum atomic E-state index is 13.2. The lowest BCUT2D eigenvalue weighted by Gasteiger charge is -2.30. The van der Waals surface area contributed by atoms with Crippen LogP contribution < -0.4 is 10.2 Å². The van der Waals surface area contributed by atoms with E-state index >= 15 is 0 Å². The van der Waals surface area contributed by atoms with Gasteiger partial charge in [-0.25, -0.2) is 0 Å². The molecule has 2 heterocycles. The fourth-order valence-electron chi connectivity index (χ4n) is 3.41. The fraction of sp³-hybridized carbons (Fsp3) is 0.0870. The number of nitro benzene ring substituents is 1. The molecule has 0 radical (unpaired) electrons. The summed E-state index contributed by atoms with van der Waals surface area (Å²) in [5, 5.41) is 13.4. The highest BCUT2D eigenvalue weighted by Crippen LogP contribution is 2.28. The lowest BCUT2D eigenvalue weighted by atomic mass is 10.1. The fourth-order valence-corrected chi connectivity index (χ4v) is 3.68. The highest BCUT2D eigenvalue weighted by atomic mass is 32.1. The average Bonchev–Trinajstić information content (AvgIpc) is 3.21.